The third kappa shape index (κ3) is 3.15. The van der Waals surface area contributed by atoms with E-state index >= 15 is 0 Å². The molecule has 31 heavy (non-hydrogen) atoms. The number of aryl methyl sites for hydroxylation is 1. The van der Waals surface area contributed by atoms with E-state index in [2.05, 4.69) is 0 Å². The largest absolute Gasteiger partial charge is 0.504 e. The number of furan rings is 1. The Bertz CT molecular complexity index is 1480. The lowest BCUT2D eigenvalue weighted by molar-refractivity contribution is 0.369. The molecular formula is C26H20O5. The predicted molar refractivity (Wildman–Crippen MR) is 120 cm³/mol. The molecule has 0 fully saturated rings. The summed E-state index contributed by atoms with van der Waals surface area (Å²) in [6.45, 7) is 1.89. The predicted octanol–water partition coefficient (Wildman–Crippen LogP) is 5.82. The van der Waals surface area contributed by atoms with E-state index in [0.29, 0.717) is 29.1 Å². The Kier molecular flexibility index (Phi) is 4.51. The van der Waals surface area contributed by atoms with Gasteiger partial charge in [-0.1, -0.05) is 42.5 Å². The van der Waals surface area contributed by atoms with Crippen molar-refractivity contribution in [1.82, 2.24) is 0 Å². The minimum Gasteiger partial charge on any atom is -0.504 e. The van der Waals surface area contributed by atoms with Gasteiger partial charge in [0.25, 0.3) is 0 Å². The molecule has 0 bridgehead atoms. The van der Waals surface area contributed by atoms with E-state index in [4.69, 9.17) is 13.6 Å². The lowest BCUT2D eigenvalue weighted by Crippen LogP contribution is -1.98. The molecule has 0 amide bonds. The molecule has 0 aliphatic heterocycles. The first-order valence-electron chi connectivity index (χ1n) is 9.96. The summed E-state index contributed by atoms with van der Waals surface area (Å²) >= 11 is 0. The van der Waals surface area contributed by atoms with Crippen LogP contribution in [0.5, 0.6) is 11.5 Å². The fourth-order valence-electron chi connectivity index (χ4n) is 4.16. The van der Waals surface area contributed by atoms with Gasteiger partial charge in [-0.3, -0.25) is 0 Å². The molecule has 3 aromatic carbocycles. The Morgan fingerprint density at radius 1 is 0.968 bits per heavy atom. The molecule has 5 rings (SSSR count). The van der Waals surface area contributed by atoms with Crippen LogP contribution in [0.3, 0.4) is 0 Å². The van der Waals surface area contributed by atoms with E-state index in [-0.39, 0.29) is 5.75 Å². The van der Waals surface area contributed by atoms with Crippen molar-refractivity contribution >= 4 is 21.9 Å². The first-order chi connectivity index (χ1) is 15.1. The van der Waals surface area contributed by atoms with Crippen molar-refractivity contribution in [3.63, 3.8) is 0 Å². The van der Waals surface area contributed by atoms with E-state index in [1.54, 1.807) is 12.1 Å². The van der Waals surface area contributed by atoms with E-state index < -0.39 is 5.63 Å². The summed E-state index contributed by atoms with van der Waals surface area (Å²) in [5.41, 5.74) is 4.21. The zero-order chi connectivity index (χ0) is 21.5. The van der Waals surface area contributed by atoms with Gasteiger partial charge < -0.3 is 18.7 Å². The van der Waals surface area contributed by atoms with Crippen LogP contribution >= 0.6 is 0 Å². The summed E-state index contributed by atoms with van der Waals surface area (Å²) in [6, 6.07) is 20.4. The van der Waals surface area contributed by atoms with Crippen LogP contribution in [0.15, 0.2) is 80.4 Å². The Labute approximate surface area is 178 Å². The van der Waals surface area contributed by atoms with Crippen molar-refractivity contribution in [1.29, 1.82) is 0 Å². The molecule has 0 saturated carbocycles. The topological polar surface area (TPSA) is 72.8 Å². The van der Waals surface area contributed by atoms with Crippen LogP contribution in [0.4, 0.5) is 0 Å². The molecule has 0 atom stereocenters. The van der Waals surface area contributed by atoms with Crippen molar-refractivity contribution in [3.05, 3.63) is 94.0 Å². The average molecular weight is 412 g/mol. The minimum atomic E-state index is -0.395. The van der Waals surface area contributed by atoms with Crippen LogP contribution in [-0.4, -0.2) is 12.2 Å². The smallest absolute Gasteiger partial charge is 0.336 e. The lowest BCUT2D eigenvalue weighted by atomic mass is 9.97. The molecule has 0 radical (unpaired) electrons. The van der Waals surface area contributed by atoms with Crippen LogP contribution in [0.2, 0.25) is 0 Å². The molecule has 0 spiro atoms. The van der Waals surface area contributed by atoms with Crippen molar-refractivity contribution in [2.24, 2.45) is 0 Å². The van der Waals surface area contributed by atoms with Crippen LogP contribution in [0, 0.1) is 6.92 Å². The highest BCUT2D eigenvalue weighted by Gasteiger charge is 2.22. The van der Waals surface area contributed by atoms with Gasteiger partial charge in [0, 0.05) is 29.0 Å². The summed E-state index contributed by atoms with van der Waals surface area (Å²) in [5.74, 6) is 1.18. The van der Waals surface area contributed by atoms with Crippen molar-refractivity contribution in [2.45, 2.75) is 13.3 Å². The summed E-state index contributed by atoms with van der Waals surface area (Å²) < 4.78 is 17.4. The zero-order valence-corrected chi connectivity index (χ0v) is 17.1. The van der Waals surface area contributed by atoms with Gasteiger partial charge in [0.15, 0.2) is 11.5 Å². The van der Waals surface area contributed by atoms with Crippen LogP contribution in [-0.2, 0) is 6.42 Å². The standard InChI is InChI=1S/C26H20O5/c1-15-13-22(28)31-26-18(15)11-12-20-24(26)23(16-7-4-3-5-8-16)21(30-20)14-17-9-6-10-19(27)25(17)29-2/h3-13,27H,14H2,1-2H3. The number of ether oxygens (including phenoxy) is 1. The van der Waals surface area contributed by atoms with Gasteiger partial charge >= 0.3 is 5.63 Å². The normalized spacial score (nSPS) is 11.3. The van der Waals surface area contributed by atoms with Crippen molar-refractivity contribution in [3.8, 4) is 22.6 Å². The number of benzene rings is 3. The number of hydrogen-bond acceptors (Lipinski definition) is 5. The van der Waals surface area contributed by atoms with Gasteiger partial charge in [0.2, 0.25) is 0 Å². The zero-order valence-electron chi connectivity index (χ0n) is 17.1. The van der Waals surface area contributed by atoms with E-state index in [1.807, 2.05) is 55.5 Å². The highest BCUT2D eigenvalue weighted by atomic mass is 16.5. The molecule has 2 aromatic heterocycles. The second-order valence-corrected chi connectivity index (χ2v) is 7.48. The van der Waals surface area contributed by atoms with E-state index in [1.165, 1.54) is 13.2 Å². The third-order valence-electron chi connectivity index (χ3n) is 5.54. The Morgan fingerprint density at radius 3 is 2.55 bits per heavy atom. The SMILES string of the molecule is COc1c(O)cccc1Cc1oc2ccc3c(C)cc(=O)oc3c2c1-c1ccccc1. The van der Waals surface area contributed by atoms with E-state index in [0.717, 1.165) is 33.0 Å². The fraction of sp³-hybridized carbons (Fsp3) is 0.115. The number of phenolic OH excluding ortho intramolecular Hbond substituents is 1. The maximum Gasteiger partial charge on any atom is 0.336 e. The molecule has 0 saturated heterocycles. The summed E-state index contributed by atoms with van der Waals surface area (Å²) in [4.78, 5) is 12.2. The molecule has 154 valence electrons. The average Bonchev–Trinajstić information content (AvgIpc) is 3.13. The number of para-hydroxylation sites is 1. The number of rotatable bonds is 4. The molecule has 1 N–H and O–H groups in total. The fourth-order valence-corrected chi connectivity index (χ4v) is 4.16. The van der Waals surface area contributed by atoms with Gasteiger partial charge in [-0.15, -0.1) is 0 Å². The van der Waals surface area contributed by atoms with E-state index in [9.17, 15) is 9.90 Å². The number of fused-ring (bicyclic) bond motifs is 3. The monoisotopic (exact) mass is 412 g/mol. The number of aromatic hydroxyl groups is 1. The Hall–Kier alpha value is -3.99. The second-order valence-electron chi connectivity index (χ2n) is 7.48. The third-order valence-corrected chi connectivity index (χ3v) is 5.54. The molecule has 5 aromatic rings. The van der Waals surface area contributed by atoms with Gasteiger partial charge in [-0.25, -0.2) is 4.79 Å². The van der Waals surface area contributed by atoms with Crippen LogP contribution in [0.1, 0.15) is 16.9 Å². The minimum absolute atomic E-state index is 0.0736. The number of methoxy groups -OCH3 is 1. The van der Waals surface area contributed by atoms with Gasteiger partial charge in [0.1, 0.15) is 16.9 Å². The highest BCUT2D eigenvalue weighted by molar-refractivity contribution is 6.11. The maximum atomic E-state index is 12.2. The van der Waals surface area contributed by atoms with Crippen LogP contribution < -0.4 is 10.4 Å². The van der Waals surface area contributed by atoms with Crippen LogP contribution in [0.25, 0.3) is 33.1 Å². The summed E-state index contributed by atoms with van der Waals surface area (Å²) in [6.07, 6.45) is 0.397. The second kappa shape index (κ2) is 7.36. The first kappa shape index (κ1) is 19.0. The first-order valence-corrected chi connectivity index (χ1v) is 9.96. The molecule has 0 aliphatic carbocycles. The molecule has 5 heteroatoms. The quantitative estimate of drug-likeness (QED) is 0.377. The summed E-state index contributed by atoms with van der Waals surface area (Å²) in [5, 5.41) is 11.8. The van der Waals surface area contributed by atoms with Gasteiger partial charge in [-0.2, -0.15) is 0 Å². The molecule has 0 unspecified atom stereocenters. The lowest BCUT2D eigenvalue weighted by Gasteiger charge is -2.10. The maximum absolute atomic E-state index is 12.2. The number of hydrogen-bond donors (Lipinski definition) is 1. The van der Waals surface area contributed by atoms with Gasteiger partial charge in [-0.05, 0) is 36.2 Å². The van der Waals surface area contributed by atoms with Crippen molar-refractivity contribution in [2.75, 3.05) is 7.11 Å². The Balaban J connectivity index is 1.85. The highest BCUT2D eigenvalue weighted by Crippen LogP contribution is 2.41. The Morgan fingerprint density at radius 2 is 1.77 bits per heavy atom. The molecule has 5 nitrogen and oxygen atoms in total. The molecule has 2 heterocycles. The molecule has 0 aliphatic rings. The van der Waals surface area contributed by atoms with Crippen molar-refractivity contribution < 1.29 is 18.7 Å². The summed E-state index contributed by atoms with van der Waals surface area (Å²) in [7, 11) is 1.53. The molecular weight excluding hydrogens is 392 g/mol. The number of phenols is 1. The van der Waals surface area contributed by atoms with Gasteiger partial charge in [0.05, 0.1) is 12.5 Å².